The Hall–Kier alpha value is -3.51. The molecule has 10 nitrogen and oxygen atoms in total. The lowest BCUT2D eigenvalue weighted by molar-refractivity contribution is -0.197. The van der Waals surface area contributed by atoms with E-state index in [2.05, 4.69) is 25.2 Å². The Labute approximate surface area is 284 Å². The van der Waals surface area contributed by atoms with Crippen molar-refractivity contribution in [1.82, 2.24) is 15.1 Å². The molecule has 6 rings (SSSR count). The van der Waals surface area contributed by atoms with Gasteiger partial charge in [-0.15, -0.1) is 0 Å². The van der Waals surface area contributed by atoms with E-state index in [0.29, 0.717) is 42.3 Å². The van der Waals surface area contributed by atoms with E-state index in [0.717, 1.165) is 17.7 Å². The molecule has 4 aliphatic rings. The van der Waals surface area contributed by atoms with Crippen molar-refractivity contribution in [3.63, 3.8) is 0 Å². The summed E-state index contributed by atoms with van der Waals surface area (Å²) in [4.78, 5) is 50.6. The molecular formula is C36H45FN4O6S. The molecule has 4 aliphatic carbocycles. The van der Waals surface area contributed by atoms with Crippen LogP contribution in [0.4, 0.5) is 4.39 Å². The van der Waals surface area contributed by atoms with Gasteiger partial charge in [0.25, 0.3) is 5.91 Å². The third kappa shape index (κ3) is 5.21. The van der Waals surface area contributed by atoms with Gasteiger partial charge in [0.05, 0.1) is 23.7 Å². The number of nitrogens with one attached hydrogen (secondary N) is 1. The quantitative estimate of drug-likeness (QED) is 0.338. The molecule has 2 aromatic rings. The van der Waals surface area contributed by atoms with Gasteiger partial charge in [0, 0.05) is 17.4 Å². The monoisotopic (exact) mass is 680 g/mol. The minimum absolute atomic E-state index is 0.0100. The molecular weight excluding hydrogens is 635 g/mol. The summed E-state index contributed by atoms with van der Waals surface area (Å²) in [7, 11) is 0. The Morgan fingerprint density at radius 2 is 2.02 bits per heavy atom. The standard InChI is InChI=1S/C36H45FN4O6S/c1-6-29(43)47-36(33(46)48-18-37)11-10-25-24-12-19(2)26-14-27-22(15-34(26,4)30(24)28(42)16-35(25,36)5)17-39-41(27)23-9-7-8-21(13-23)32(45)40-20(3)31(38)44/h7-9,13-14,17,19-20,24-25,28,30,42H,6,10-12,15-16,18H2,1-5H3,(H2,38,44)(H,40,45)/t19-,20-,24-,25-,28-,30+,34-,35-,36-/m0/s1. The molecule has 9 atom stereocenters. The molecule has 0 aliphatic heterocycles. The zero-order valence-corrected chi connectivity index (χ0v) is 28.9. The van der Waals surface area contributed by atoms with Crippen LogP contribution >= 0.6 is 11.8 Å². The van der Waals surface area contributed by atoms with Gasteiger partial charge >= 0.3 is 5.97 Å². The molecule has 0 bridgehead atoms. The van der Waals surface area contributed by atoms with Crippen molar-refractivity contribution in [2.24, 2.45) is 40.2 Å². The zero-order valence-electron chi connectivity index (χ0n) is 28.1. The van der Waals surface area contributed by atoms with Gasteiger partial charge in [0.15, 0.2) is 5.60 Å². The molecule has 0 spiro atoms. The molecule has 0 saturated heterocycles. The second-order valence-electron chi connectivity index (χ2n) is 14.7. The number of halogens is 1. The number of allylic oxidation sites excluding steroid dienone is 1. The topological polar surface area (TPSA) is 154 Å². The fourth-order valence-electron chi connectivity index (χ4n) is 9.93. The molecule has 1 aromatic heterocycles. The van der Waals surface area contributed by atoms with Crippen molar-refractivity contribution in [3.05, 3.63) is 52.9 Å². The van der Waals surface area contributed by atoms with Crippen molar-refractivity contribution in [2.75, 3.05) is 6.01 Å². The summed E-state index contributed by atoms with van der Waals surface area (Å²) >= 11 is 0.558. The highest BCUT2D eigenvalue weighted by atomic mass is 32.2. The summed E-state index contributed by atoms with van der Waals surface area (Å²) in [5, 5.41) is 19.0. The molecule has 4 N–H and O–H groups in total. The molecule has 0 unspecified atom stereocenters. The smallest absolute Gasteiger partial charge is 0.306 e. The summed E-state index contributed by atoms with van der Waals surface area (Å²) in [6.45, 7) is 9.62. The van der Waals surface area contributed by atoms with Gasteiger partial charge in [-0.25, -0.2) is 9.07 Å². The number of alkyl halides is 1. The van der Waals surface area contributed by atoms with Crippen LogP contribution in [0, 0.1) is 34.5 Å². The van der Waals surface area contributed by atoms with E-state index in [9.17, 15) is 28.7 Å². The molecule has 258 valence electrons. The molecule has 3 fully saturated rings. The third-order valence-electron chi connectivity index (χ3n) is 12.1. The normalized spacial score (nSPS) is 34.1. The number of esters is 1. The highest BCUT2D eigenvalue weighted by Crippen LogP contribution is 2.69. The van der Waals surface area contributed by atoms with E-state index < -0.39 is 52.1 Å². The van der Waals surface area contributed by atoms with Crippen LogP contribution in [0.5, 0.6) is 0 Å². The van der Waals surface area contributed by atoms with Gasteiger partial charge in [-0.3, -0.25) is 19.2 Å². The lowest BCUT2D eigenvalue weighted by atomic mass is 9.44. The van der Waals surface area contributed by atoms with Crippen LogP contribution in [-0.4, -0.2) is 61.5 Å². The number of hydrogen-bond acceptors (Lipinski definition) is 8. The first-order valence-electron chi connectivity index (χ1n) is 16.8. The number of fused-ring (bicyclic) bond motifs is 6. The van der Waals surface area contributed by atoms with Crippen LogP contribution in [0.2, 0.25) is 0 Å². The van der Waals surface area contributed by atoms with Gasteiger partial charge in [-0.05, 0) is 110 Å². The first-order chi connectivity index (χ1) is 22.7. The number of hydrogen-bond donors (Lipinski definition) is 3. The first-order valence-corrected chi connectivity index (χ1v) is 17.8. The Bertz CT molecular complexity index is 1690. The van der Waals surface area contributed by atoms with E-state index in [1.807, 2.05) is 23.9 Å². The Kier molecular flexibility index (Phi) is 8.89. The van der Waals surface area contributed by atoms with E-state index in [1.165, 1.54) is 12.5 Å². The maximum absolute atomic E-state index is 13.6. The maximum atomic E-state index is 13.6. The predicted molar refractivity (Wildman–Crippen MR) is 179 cm³/mol. The number of rotatable bonds is 8. The van der Waals surface area contributed by atoms with Crippen molar-refractivity contribution in [1.29, 1.82) is 0 Å². The summed E-state index contributed by atoms with van der Waals surface area (Å²) in [6, 6.07) is 5.34. The first kappa shape index (κ1) is 34.4. The second kappa shape index (κ2) is 12.4. The van der Waals surface area contributed by atoms with Crippen molar-refractivity contribution in [3.8, 4) is 5.69 Å². The summed E-state index contributed by atoms with van der Waals surface area (Å²) in [5.74, 6) is -1.39. The van der Waals surface area contributed by atoms with E-state index in [1.54, 1.807) is 25.1 Å². The van der Waals surface area contributed by atoms with Crippen LogP contribution in [0.3, 0.4) is 0 Å². The Balaban J connectivity index is 1.33. The largest absolute Gasteiger partial charge is 0.449 e. The third-order valence-corrected chi connectivity index (χ3v) is 12.8. The van der Waals surface area contributed by atoms with Crippen molar-refractivity contribution < 1.29 is 33.4 Å². The fourth-order valence-corrected chi connectivity index (χ4v) is 10.6. The molecule has 12 heteroatoms. The minimum atomic E-state index is -1.47. The van der Waals surface area contributed by atoms with Crippen LogP contribution in [-0.2, 0) is 25.5 Å². The van der Waals surface area contributed by atoms with Gasteiger partial charge in [-0.2, -0.15) is 5.10 Å². The van der Waals surface area contributed by atoms with Crippen LogP contribution in [0.1, 0.15) is 88.3 Å². The van der Waals surface area contributed by atoms with Gasteiger partial charge < -0.3 is 20.9 Å². The number of ether oxygens (including phenoxy) is 1. The minimum Gasteiger partial charge on any atom is -0.449 e. The highest BCUT2D eigenvalue weighted by molar-refractivity contribution is 8.13. The Morgan fingerprint density at radius 1 is 1.27 bits per heavy atom. The average Bonchev–Trinajstić information content (AvgIpc) is 3.57. The zero-order chi connectivity index (χ0) is 34.8. The van der Waals surface area contributed by atoms with Gasteiger partial charge in [0.2, 0.25) is 11.0 Å². The number of aliphatic hydroxyl groups is 1. The Morgan fingerprint density at radius 3 is 2.71 bits per heavy atom. The van der Waals surface area contributed by atoms with E-state index >= 15 is 0 Å². The maximum Gasteiger partial charge on any atom is 0.306 e. The number of aliphatic hydroxyl groups excluding tert-OH is 1. The molecule has 1 heterocycles. The number of nitrogens with zero attached hydrogens (tertiary/aromatic N) is 2. The van der Waals surface area contributed by atoms with Crippen molar-refractivity contribution >= 4 is 40.7 Å². The van der Waals surface area contributed by atoms with E-state index in [-0.39, 0.29) is 41.9 Å². The SMILES string of the molecule is CCC(=O)O[C@]1(C(=O)SCF)CC[C@H]2[C@@H]3C[C@H](C)C4=Cc5c(cnn5-c5cccc(C(=O)N[C@@H](C)C(N)=O)c5)C[C@]4(C)[C@H]3[C@@H](O)C[C@@]21C. The number of carbonyl (C=O) groups is 4. The number of primary amides is 1. The average molecular weight is 681 g/mol. The highest BCUT2D eigenvalue weighted by Gasteiger charge is 2.71. The van der Waals surface area contributed by atoms with Crippen LogP contribution in [0.15, 0.2) is 36.0 Å². The lowest BCUT2D eigenvalue weighted by Gasteiger charge is -2.61. The van der Waals surface area contributed by atoms with Gasteiger partial charge in [-0.1, -0.05) is 39.3 Å². The number of benzene rings is 1. The molecule has 3 saturated carbocycles. The molecule has 2 amide bonds. The molecule has 48 heavy (non-hydrogen) atoms. The summed E-state index contributed by atoms with van der Waals surface area (Å²) < 4.78 is 21.4. The number of aromatic nitrogens is 2. The van der Waals surface area contributed by atoms with E-state index in [4.69, 9.17) is 15.6 Å². The summed E-state index contributed by atoms with van der Waals surface area (Å²) in [6.07, 6.45) is 6.09. The summed E-state index contributed by atoms with van der Waals surface area (Å²) in [5.41, 5.74) is 6.89. The fraction of sp³-hybridized carbons (Fsp3) is 0.583. The number of amides is 2. The lowest BCUT2D eigenvalue weighted by Crippen LogP contribution is -2.63. The van der Waals surface area contributed by atoms with Crippen LogP contribution in [0.25, 0.3) is 11.8 Å². The number of nitrogens with two attached hydrogens (primary N) is 1. The number of thioether (sulfide) groups is 1. The predicted octanol–water partition coefficient (Wildman–Crippen LogP) is 4.75. The van der Waals surface area contributed by atoms with Gasteiger partial charge in [0.1, 0.15) is 12.0 Å². The van der Waals surface area contributed by atoms with Crippen LogP contribution < -0.4 is 11.1 Å². The molecule has 0 radical (unpaired) electrons. The number of carbonyl (C=O) groups excluding carboxylic acids is 4. The van der Waals surface area contributed by atoms with Crippen molar-refractivity contribution in [2.45, 2.75) is 90.9 Å². The second-order valence-corrected chi connectivity index (χ2v) is 15.5. The molecule has 1 aromatic carbocycles.